The Morgan fingerprint density at radius 2 is 1.96 bits per heavy atom. The highest BCUT2D eigenvalue weighted by Gasteiger charge is 2.19. The fraction of sp³-hybridized carbons (Fsp3) is 0.400. The average molecular weight is 372 g/mol. The lowest BCUT2D eigenvalue weighted by atomic mass is 10.1. The molecule has 26 heavy (non-hydrogen) atoms. The van der Waals surface area contributed by atoms with Gasteiger partial charge in [-0.3, -0.25) is 9.97 Å². The van der Waals surface area contributed by atoms with E-state index in [0.717, 1.165) is 66.6 Å². The molecule has 0 spiro atoms. The summed E-state index contributed by atoms with van der Waals surface area (Å²) in [5.41, 5.74) is 5.21. The van der Waals surface area contributed by atoms with Crippen molar-refractivity contribution < 1.29 is 0 Å². The van der Waals surface area contributed by atoms with E-state index in [4.69, 9.17) is 11.6 Å². The molecule has 1 aliphatic heterocycles. The Morgan fingerprint density at radius 1 is 1.23 bits per heavy atom. The Bertz CT molecular complexity index is 809. The minimum absolute atomic E-state index is 0.718. The van der Waals surface area contributed by atoms with Gasteiger partial charge in [0.15, 0.2) is 0 Å². The van der Waals surface area contributed by atoms with Crippen LogP contribution in [0.1, 0.15) is 25.8 Å². The number of nitrogens with one attached hydrogen (secondary N) is 2. The van der Waals surface area contributed by atoms with Crippen LogP contribution in [0, 0.1) is 0 Å². The Kier molecular flexibility index (Phi) is 6.47. The summed E-state index contributed by atoms with van der Waals surface area (Å²) in [7, 11) is 0. The summed E-state index contributed by atoms with van der Waals surface area (Å²) in [5.74, 6) is 0. The number of fused-ring (bicyclic) bond motifs is 1. The minimum Gasteiger partial charge on any atom is -0.380 e. The van der Waals surface area contributed by atoms with E-state index in [2.05, 4.69) is 57.6 Å². The summed E-state index contributed by atoms with van der Waals surface area (Å²) in [6, 6.07) is 6.19. The first-order chi connectivity index (χ1) is 12.7. The summed E-state index contributed by atoms with van der Waals surface area (Å²) in [5, 5.41) is 7.87. The first-order valence-electron chi connectivity index (χ1n) is 9.17. The second-order valence-corrected chi connectivity index (χ2v) is 6.74. The van der Waals surface area contributed by atoms with Crippen LogP contribution in [0.25, 0.3) is 11.0 Å². The van der Waals surface area contributed by atoms with E-state index in [1.54, 1.807) is 12.4 Å². The molecule has 1 aromatic carbocycles. The van der Waals surface area contributed by atoms with Crippen molar-refractivity contribution >= 4 is 22.6 Å². The molecule has 5 nitrogen and oxygen atoms in total. The number of hydrogen-bond donors (Lipinski definition) is 2. The van der Waals surface area contributed by atoms with Gasteiger partial charge in [-0.1, -0.05) is 30.7 Å². The largest absolute Gasteiger partial charge is 0.380 e. The van der Waals surface area contributed by atoms with E-state index in [1.807, 2.05) is 6.07 Å². The van der Waals surface area contributed by atoms with Crippen LogP contribution in [-0.2, 0) is 6.54 Å². The molecule has 0 radical (unpaired) electrons. The number of benzene rings is 1. The monoisotopic (exact) mass is 371 g/mol. The van der Waals surface area contributed by atoms with Crippen LogP contribution >= 0.6 is 11.6 Å². The predicted molar refractivity (Wildman–Crippen MR) is 108 cm³/mol. The van der Waals surface area contributed by atoms with Gasteiger partial charge in [0.05, 0.1) is 22.4 Å². The molecule has 2 aromatic rings. The van der Waals surface area contributed by atoms with Crippen LogP contribution < -0.4 is 10.6 Å². The maximum absolute atomic E-state index is 6.62. The molecule has 0 bridgehead atoms. The molecule has 0 aliphatic carbocycles. The second kappa shape index (κ2) is 9.01. The standard InChI is InChI=1S/C20H26ClN5/c1-3-16(21)20(26-11-9-22-10-12-26)17(4-2)25-14-15-5-6-18-19(13-15)24-8-7-23-18/h4-8,13,22,25H,3,9-12,14H2,1-2H3/b17-4+,20-16-. The van der Waals surface area contributed by atoms with Crippen molar-refractivity contribution in [2.45, 2.75) is 26.8 Å². The van der Waals surface area contributed by atoms with Gasteiger partial charge in [-0.15, -0.1) is 0 Å². The average Bonchev–Trinajstić information content (AvgIpc) is 2.71. The summed E-state index contributed by atoms with van der Waals surface area (Å²) in [6.45, 7) is 8.77. The van der Waals surface area contributed by atoms with Crippen molar-refractivity contribution in [2.75, 3.05) is 26.2 Å². The van der Waals surface area contributed by atoms with Gasteiger partial charge in [-0.2, -0.15) is 0 Å². The van der Waals surface area contributed by atoms with E-state index in [1.165, 1.54) is 5.56 Å². The topological polar surface area (TPSA) is 53.1 Å². The number of piperazine rings is 1. The molecule has 0 unspecified atom stereocenters. The molecule has 1 aliphatic rings. The predicted octanol–water partition coefficient (Wildman–Crippen LogP) is 3.39. The number of hydrogen-bond acceptors (Lipinski definition) is 5. The fourth-order valence-corrected chi connectivity index (χ4v) is 3.40. The van der Waals surface area contributed by atoms with Crippen molar-refractivity contribution in [3.63, 3.8) is 0 Å². The zero-order valence-electron chi connectivity index (χ0n) is 15.4. The molecule has 0 amide bonds. The number of allylic oxidation sites excluding steroid dienone is 2. The quantitative estimate of drug-likeness (QED) is 0.762. The lowest BCUT2D eigenvalue weighted by Gasteiger charge is -2.34. The first-order valence-corrected chi connectivity index (χ1v) is 9.55. The van der Waals surface area contributed by atoms with Crippen LogP contribution in [0.5, 0.6) is 0 Å². The summed E-state index contributed by atoms with van der Waals surface area (Å²) in [6.07, 6.45) is 6.38. The highest BCUT2D eigenvalue weighted by atomic mass is 35.5. The molecule has 6 heteroatoms. The number of rotatable bonds is 6. The third-order valence-electron chi connectivity index (χ3n) is 4.56. The van der Waals surface area contributed by atoms with Gasteiger partial charge in [0, 0.05) is 50.1 Å². The van der Waals surface area contributed by atoms with E-state index < -0.39 is 0 Å². The molecular weight excluding hydrogens is 346 g/mol. The lowest BCUT2D eigenvalue weighted by Crippen LogP contribution is -2.44. The SMILES string of the molecule is C/C=C(NCc1ccc2nccnc2c1)\C(=C(\Cl)CC)N1CCNCC1. The van der Waals surface area contributed by atoms with Gasteiger partial charge in [0.1, 0.15) is 0 Å². The zero-order valence-corrected chi connectivity index (χ0v) is 16.2. The van der Waals surface area contributed by atoms with E-state index >= 15 is 0 Å². The minimum atomic E-state index is 0.718. The van der Waals surface area contributed by atoms with Gasteiger partial charge in [-0.25, -0.2) is 0 Å². The fourth-order valence-electron chi connectivity index (χ4n) is 3.18. The molecule has 1 fully saturated rings. The summed E-state index contributed by atoms with van der Waals surface area (Å²) >= 11 is 6.62. The molecule has 1 saturated heterocycles. The third-order valence-corrected chi connectivity index (χ3v) is 5.01. The highest BCUT2D eigenvalue weighted by molar-refractivity contribution is 6.30. The van der Waals surface area contributed by atoms with Crippen molar-refractivity contribution in [3.8, 4) is 0 Å². The van der Waals surface area contributed by atoms with Crippen molar-refractivity contribution in [2.24, 2.45) is 0 Å². The van der Waals surface area contributed by atoms with Gasteiger partial charge < -0.3 is 15.5 Å². The Hall–Kier alpha value is -2.11. The number of aromatic nitrogens is 2. The smallest absolute Gasteiger partial charge is 0.0890 e. The zero-order chi connectivity index (χ0) is 18.4. The maximum Gasteiger partial charge on any atom is 0.0890 e. The van der Waals surface area contributed by atoms with Gasteiger partial charge in [0.2, 0.25) is 0 Å². The van der Waals surface area contributed by atoms with Crippen LogP contribution in [0.2, 0.25) is 0 Å². The maximum atomic E-state index is 6.62. The number of halogens is 1. The van der Waals surface area contributed by atoms with Crippen molar-refractivity contribution in [1.29, 1.82) is 0 Å². The first kappa shape index (κ1) is 18.7. The van der Waals surface area contributed by atoms with Crippen LogP contribution in [0.15, 0.2) is 53.1 Å². The summed E-state index contributed by atoms with van der Waals surface area (Å²) < 4.78 is 0. The number of nitrogens with zero attached hydrogens (tertiary/aromatic N) is 3. The molecular formula is C20H26ClN5. The molecule has 1 aromatic heterocycles. The van der Waals surface area contributed by atoms with E-state index in [9.17, 15) is 0 Å². The van der Waals surface area contributed by atoms with Gasteiger partial charge in [0.25, 0.3) is 0 Å². The van der Waals surface area contributed by atoms with Gasteiger partial charge in [-0.05, 0) is 31.0 Å². The molecule has 3 rings (SSSR count). The van der Waals surface area contributed by atoms with Gasteiger partial charge >= 0.3 is 0 Å². The van der Waals surface area contributed by atoms with Crippen LogP contribution in [-0.4, -0.2) is 41.0 Å². The Balaban J connectivity index is 1.78. The molecule has 2 heterocycles. The molecule has 138 valence electrons. The third kappa shape index (κ3) is 4.34. The molecule has 0 saturated carbocycles. The van der Waals surface area contributed by atoms with Crippen LogP contribution in [0.4, 0.5) is 0 Å². The summed E-state index contributed by atoms with van der Waals surface area (Å²) in [4.78, 5) is 11.1. The van der Waals surface area contributed by atoms with Crippen molar-refractivity contribution in [1.82, 2.24) is 25.5 Å². The van der Waals surface area contributed by atoms with Crippen molar-refractivity contribution in [3.05, 3.63) is 58.7 Å². The molecule has 2 N–H and O–H groups in total. The Labute approximate surface area is 160 Å². The normalized spacial score (nSPS) is 16.6. The lowest BCUT2D eigenvalue weighted by molar-refractivity contribution is 0.299. The molecule has 0 atom stereocenters. The van der Waals surface area contributed by atoms with E-state index in [0.29, 0.717) is 0 Å². The highest BCUT2D eigenvalue weighted by Crippen LogP contribution is 2.24. The second-order valence-electron chi connectivity index (χ2n) is 6.28. The van der Waals surface area contributed by atoms with Crippen LogP contribution in [0.3, 0.4) is 0 Å². The Morgan fingerprint density at radius 3 is 2.65 bits per heavy atom. The van der Waals surface area contributed by atoms with E-state index in [-0.39, 0.29) is 0 Å².